The van der Waals surface area contributed by atoms with Crippen molar-refractivity contribution in [3.8, 4) is 0 Å². The molecule has 1 N–H and O–H groups in total. The SMILES string of the molecule is CC12CCC(=O)CC1(O)COC2=O. The molecule has 0 aromatic heterocycles. The summed E-state index contributed by atoms with van der Waals surface area (Å²) in [5, 5.41) is 10.0. The molecule has 2 rings (SSSR count). The molecule has 1 saturated heterocycles. The second kappa shape index (κ2) is 2.32. The second-order valence-electron chi connectivity index (χ2n) is 4.16. The molecular formula is C9H12O4. The minimum Gasteiger partial charge on any atom is -0.462 e. The van der Waals surface area contributed by atoms with E-state index in [0.29, 0.717) is 12.8 Å². The maximum atomic E-state index is 11.3. The summed E-state index contributed by atoms with van der Waals surface area (Å²) in [4.78, 5) is 22.5. The molecule has 13 heavy (non-hydrogen) atoms. The van der Waals surface area contributed by atoms with Crippen LogP contribution in [0.1, 0.15) is 26.2 Å². The Kier molecular flexibility index (Phi) is 1.55. The number of Topliss-reactive ketones (excluding diaryl/α,β-unsaturated/α-hetero) is 1. The van der Waals surface area contributed by atoms with Crippen molar-refractivity contribution >= 4 is 11.8 Å². The number of ketones is 1. The van der Waals surface area contributed by atoms with Gasteiger partial charge in [0.1, 0.15) is 18.0 Å². The minimum absolute atomic E-state index is 0.0123. The Balaban J connectivity index is 2.37. The van der Waals surface area contributed by atoms with Gasteiger partial charge in [-0.1, -0.05) is 0 Å². The van der Waals surface area contributed by atoms with Gasteiger partial charge in [-0.2, -0.15) is 0 Å². The first-order valence-electron chi connectivity index (χ1n) is 4.39. The van der Waals surface area contributed by atoms with E-state index in [1.807, 2.05) is 0 Å². The molecule has 0 aromatic carbocycles. The molecule has 2 unspecified atom stereocenters. The van der Waals surface area contributed by atoms with Crippen LogP contribution < -0.4 is 0 Å². The molecule has 0 radical (unpaired) electrons. The first-order valence-corrected chi connectivity index (χ1v) is 4.39. The zero-order valence-electron chi connectivity index (χ0n) is 7.50. The molecule has 0 aromatic rings. The number of carbonyl (C=O) groups excluding carboxylic acids is 2. The van der Waals surface area contributed by atoms with Crippen molar-refractivity contribution in [3.05, 3.63) is 0 Å². The third-order valence-corrected chi connectivity index (χ3v) is 3.31. The summed E-state index contributed by atoms with van der Waals surface area (Å²) in [6, 6.07) is 0. The van der Waals surface area contributed by atoms with Crippen molar-refractivity contribution in [3.63, 3.8) is 0 Å². The molecule has 0 bridgehead atoms. The van der Waals surface area contributed by atoms with E-state index in [-0.39, 0.29) is 24.8 Å². The number of fused-ring (bicyclic) bond motifs is 1. The highest BCUT2D eigenvalue weighted by Gasteiger charge is 2.61. The normalized spacial score (nSPS) is 44.5. The molecule has 2 atom stereocenters. The highest BCUT2D eigenvalue weighted by atomic mass is 16.6. The van der Waals surface area contributed by atoms with Crippen molar-refractivity contribution < 1.29 is 19.4 Å². The lowest BCUT2D eigenvalue weighted by Crippen LogP contribution is -2.51. The van der Waals surface area contributed by atoms with Crippen molar-refractivity contribution in [2.75, 3.05) is 6.61 Å². The first kappa shape index (κ1) is 8.69. The summed E-state index contributed by atoms with van der Waals surface area (Å²) in [6.45, 7) is 1.64. The quantitative estimate of drug-likeness (QED) is 0.539. The number of aliphatic hydroxyl groups is 1. The van der Waals surface area contributed by atoms with Crippen molar-refractivity contribution in [1.82, 2.24) is 0 Å². The van der Waals surface area contributed by atoms with E-state index in [1.165, 1.54) is 0 Å². The predicted octanol–water partition coefficient (Wildman–Crippen LogP) is 0.0336. The number of esters is 1. The van der Waals surface area contributed by atoms with Crippen LogP contribution in [0.3, 0.4) is 0 Å². The van der Waals surface area contributed by atoms with E-state index in [4.69, 9.17) is 4.74 Å². The van der Waals surface area contributed by atoms with Gasteiger partial charge < -0.3 is 9.84 Å². The third kappa shape index (κ3) is 0.950. The number of carbonyl (C=O) groups is 2. The summed E-state index contributed by atoms with van der Waals surface area (Å²) >= 11 is 0. The van der Waals surface area contributed by atoms with Crippen LogP contribution in [0.25, 0.3) is 0 Å². The molecule has 1 heterocycles. The summed E-state index contributed by atoms with van der Waals surface area (Å²) in [5.41, 5.74) is -2.11. The lowest BCUT2D eigenvalue weighted by Gasteiger charge is -2.37. The van der Waals surface area contributed by atoms with Gasteiger partial charge in [-0.15, -0.1) is 0 Å². The number of cyclic esters (lactones) is 1. The van der Waals surface area contributed by atoms with E-state index in [0.717, 1.165) is 0 Å². The number of hydrogen-bond donors (Lipinski definition) is 1. The van der Waals surface area contributed by atoms with Gasteiger partial charge in [0.2, 0.25) is 0 Å². The predicted molar refractivity (Wildman–Crippen MR) is 42.9 cm³/mol. The fraction of sp³-hybridized carbons (Fsp3) is 0.778. The third-order valence-electron chi connectivity index (χ3n) is 3.31. The molecule has 4 nitrogen and oxygen atoms in total. The molecule has 1 saturated carbocycles. The van der Waals surface area contributed by atoms with Crippen LogP contribution in [0.15, 0.2) is 0 Å². The second-order valence-corrected chi connectivity index (χ2v) is 4.16. The zero-order chi connectivity index (χ0) is 9.69. The summed E-state index contributed by atoms with van der Waals surface area (Å²) < 4.78 is 4.81. The lowest BCUT2D eigenvalue weighted by atomic mass is 9.66. The van der Waals surface area contributed by atoms with Gasteiger partial charge in [0.05, 0.1) is 5.41 Å². The smallest absolute Gasteiger partial charge is 0.314 e. The highest BCUT2D eigenvalue weighted by Crippen LogP contribution is 2.47. The fourth-order valence-corrected chi connectivity index (χ4v) is 2.08. The Labute approximate surface area is 75.9 Å². The summed E-state index contributed by atoms with van der Waals surface area (Å²) in [6.07, 6.45) is 0.824. The van der Waals surface area contributed by atoms with Crippen molar-refractivity contribution in [1.29, 1.82) is 0 Å². The molecule has 2 aliphatic rings. The van der Waals surface area contributed by atoms with Crippen LogP contribution in [-0.4, -0.2) is 29.1 Å². The van der Waals surface area contributed by atoms with Crippen LogP contribution in [-0.2, 0) is 14.3 Å². The number of hydrogen-bond acceptors (Lipinski definition) is 4. The van der Waals surface area contributed by atoms with Gasteiger partial charge >= 0.3 is 5.97 Å². The topological polar surface area (TPSA) is 63.6 Å². The van der Waals surface area contributed by atoms with Crippen LogP contribution >= 0.6 is 0 Å². The molecule has 0 spiro atoms. The molecule has 0 amide bonds. The van der Waals surface area contributed by atoms with Crippen LogP contribution in [0.5, 0.6) is 0 Å². The lowest BCUT2D eigenvalue weighted by molar-refractivity contribution is -0.152. The Bertz CT molecular complexity index is 285. The van der Waals surface area contributed by atoms with Gasteiger partial charge in [0.25, 0.3) is 0 Å². The first-order chi connectivity index (χ1) is 5.98. The van der Waals surface area contributed by atoms with Gasteiger partial charge in [-0.25, -0.2) is 0 Å². The van der Waals surface area contributed by atoms with E-state index in [2.05, 4.69) is 0 Å². The Morgan fingerprint density at radius 3 is 2.85 bits per heavy atom. The molecule has 72 valence electrons. The average molecular weight is 184 g/mol. The minimum atomic E-state index is -1.25. The monoisotopic (exact) mass is 184 g/mol. The van der Waals surface area contributed by atoms with Gasteiger partial charge in [0, 0.05) is 12.8 Å². The Morgan fingerprint density at radius 2 is 2.15 bits per heavy atom. The highest BCUT2D eigenvalue weighted by molar-refractivity contribution is 5.88. The molecular weight excluding hydrogens is 172 g/mol. The molecule has 2 fully saturated rings. The molecule has 1 aliphatic heterocycles. The Hall–Kier alpha value is -0.900. The van der Waals surface area contributed by atoms with Crippen LogP contribution in [0.2, 0.25) is 0 Å². The average Bonchev–Trinajstić information content (AvgIpc) is 2.28. The molecule has 4 heteroatoms. The van der Waals surface area contributed by atoms with Crippen molar-refractivity contribution in [2.24, 2.45) is 5.41 Å². The summed E-state index contributed by atoms with van der Waals surface area (Å²) in [5.74, 6) is -0.360. The van der Waals surface area contributed by atoms with Gasteiger partial charge in [0.15, 0.2) is 0 Å². The van der Waals surface area contributed by atoms with Crippen LogP contribution in [0, 0.1) is 5.41 Å². The standard InChI is InChI=1S/C9H12O4/c1-8-3-2-6(10)4-9(8,12)5-13-7(8)11/h12H,2-5H2,1H3. The van der Waals surface area contributed by atoms with E-state index in [1.54, 1.807) is 6.92 Å². The van der Waals surface area contributed by atoms with E-state index >= 15 is 0 Å². The Morgan fingerprint density at radius 1 is 1.46 bits per heavy atom. The number of ether oxygens (including phenoxy) is 1. The molecule has 1 aliphatic carbocycles. The maximum Gasteiger partial charge on any atom is 0.314 e. The van der Waals surface area contributed by atoms with E-state index in [9.17, 15) is 14.7 Å². The fourth-order valence-electron chi connectivity index (χ4n) is 2.08. The maximum absolute atomic E-state index is 11.3. The van der Waals surface area contributed by atoms with Gasteiger partial charge in [-0.05, 0) is 13.3 Å². The summed E-state index contributed by atoms with van der Waals surface area (Å²) in [7, 11) is 0. The van der Waals surface area contributed by atoms with Gasteiger partial charge in [-0.3, -0.25) is 9.59 Å². The largest absolute Gasteiger partial charge is 0.462 e. The van der Waals surface area contributed by atoms with Crippen molar-refractivity contribution in [2.45, 2.75) is 31.8 Å². The van der Waals surface area contributed by atoms with E-state index < -0.39 is 11.0 Å². The van der Waals surface area contributed by atoms with Crippen LogP contribution in [0.4, 0.5) is 0 Å². The zero-order valence-corrected chi connectivity index (χ0v) is 7.50. The number of rotatable bonds is 0.